The standard InChI is InChI=1S/C12H8N4O2/c1-8-10(6-13)7-14-12(15-8)9-3-2-4-11(5-9)16(17)18/h2-5,7H,1H3. The number of hydrogen-bond donors (Lipinski definition) is 0. The first-order valence-corrected chi connectivity index (χ1v) is 5.10. The van der Waals surface area contributed by atoms with Crippen molar-refractivity contribution in [2.75, 3.05) is 0 Å². The van der Waals surface area contributed by atoms with Gasteiger partial charge in [0.05, 0.1) is 16.2 Å². The zero-order chi connectivity index (χ0) is 13.1. The van der Waals surface area contributed by atoms with E-state index in [2.05, 4.69) is 9.97 Å². The fraction of sp³-hybridized carbons (Fsp3) is 0.0833. The molecular formula is C12H8N4O2. The maximum absolute atomic E-state index is 10.7. The molecule has 0 aliphatic rings. The average molecular weight is 240 g/mol. The fourth-order valence-electron chi connectivity index (χ4n) is 1.47. The Balaban J connectivity index is 2.49. The fourth-order valence-corrected chi connectivity index (χ4v) is 1.47. The molecule has 0 bridgehead atoms. The predicted molar refractivity (Wildman–Crippen MR) is 63.6 cm³/mol. The van der Waals surface area contributed by atoms with Gasteiger partial charge in [0.15, 0.2) is 5.82 Å². The van der Waals surface area contributed by atoms with E-state index in [1.54, 1.807) is 19.1 Å². The third-order valence-corrected chi connectivity index (χ3v) is 2.41. The molecule has 1 aromatic heterocycles. The van der Waals surface area contributed by atoms with Crippen molar-refractivity contribution in [3.05, 3.63) is 51.8 Å². The third kappa shape index (κ3) is 2.15. The predicted octanol–water partition coefficient (Wildman–Crippen LogP) is 2.23. The minimum atomic E-state index is -0.472. The Kier molecular flexibility index (Phi) is 2.98. The lowest BCUT2D eigenvalue weighted by Crippen LogP contribution is -1.95. The zero-order valence-electron chi connectivity index (χ0n) is 9.49. The number of aryl methyl sites for hydroxylation is 1. The van der Waals surface area contributed by atoms with Crippen LogP contribution in [0.4, 0.5) is 5.69 Å². The van der Waals surface area contributed by atoms with Crippen molar-refractivity contribution in [2.24, 2.45) is 0 Å². The van der Waals surface area contributed by atoms with Crippen LogP contribution in [0.3, 0.4) is 0 Å². The van der Waals surface area contributed by atoms with Gasteiger partial charge >= 0.3 is 0 Å². The minimum Gasteiger partial charge on any atom is -0.258 e. The second-order valence-electron chi connectivity index (χ2n) is 3.61. The number of rotatable bonds is 2. The molecule has 0 saturated carbocycles. The zero-order valence-corrected chi connectivity index (χ0v) is 9.49. The summed E-state index contributed by atoms with van der Waals surface area (Å²) >= 11 is 0. The SMILES string of the molecule is Cc1nc(-c2cccc([N+](=O)[O-])c2)ncc1C#N. The van der Waals surface area contributed by atoms with Crippen LogP contribution in [0, 0.1) is 28.4 Å². The van der Waals surface area contributed by atoms with Gasteiger partial charge in [-0.15, -0.1) is 0 Å². The number of nitro benzene ring substituents is 1. The summed E-state index contributed by atoms with van der Waals surface area (Å²) in [6, 6.07) is 8.04. The van der Waals surface area contributed by atoms with Gasteiger partial charge in [0, 0.05) is 23.9 Å². The molecule has 0 unspecified atom stereocenters. The highest BCUT2D eigenvalue weighted by Gasteiger charge is 2.10. The van der Waals surface area contributed by atoms with Crippen LogP contribution in [0.25, 0.3) is 11.4 Å². The summed E-state index contributed by atoms with van der Waals surface area (Å²) in [4.78, 5) is 18.4. The Labute approximate surface area is 103 Å². The molecule has 0 N–H and O–H groups in total. The molecule has 18 heavy (non-hydrogen) atoms. The molecule has 2 aromatic rings. The van der Waals surface area contributed by atoms with Gasteiger partial charge in [-0.05, 0) is 6.92 Å². The molecule has 0 aliphatic carbocycles. The molecular weight excluding hydrogens is 232 g/mol. The number of hydrogen-bond acceptors (Lipinski definition) is 5. The van der Waals surface area contributed by atoms with Crippen molar-refractivity contribution in [2.45, 2.75) is 6.92 Å². The van der Waals surface area contributed by atoms with Crippen LogP contribution < -0.4 is 0 Å². The maximum Gasteiger partial charge on any atom is 0.270 e. The highest BCUT2D eigenvalue weighted by molar-refractivity contribution is 5.59. The monoisotopic (exact) mass is 240 g/mol. The molecule has 0 radical (unpaired) electrons. The van der Waals surface area contributed by atoms with E-state index in [4.69, 9.17) is 5.26 Å². The van der Waals surface area contributed by atoms with Crippen LogP contribution in [0.15, 0.2) is 30.5 Å². The van der Waals surface area contributed by atoms with E-state index < -0.39 is 4.92 Å². The number of nitrogens with zero attached hydrogens (tertiary/aromatic N) is 4. The molecule has 0 spiro atoms. The molecule has 0 saturated heterocycles. The van der Waals surface area contributed by atoms with E-state index >= 15 is 0 Å². The van der Waals surface area contributed by atoms with Crippen LogP contribution in [0.1, 0.15) is 11.3 Å². The summed E-state index contributed by atoms with van der Waals surface area (Å²) in [6.07, 6.45) is 1.41. The van der Waals surface area contributed by atoms with Crippen LogP contribution in [0.2, 0.25) is 0 Å². The van der Waals surface area contributed by atoms with Gasteiger partial charge in [-0.3, -0.25) is 10.1 Å². The minimum absolute atomic E-state index is 0.0156. The van der Waals surface area contributed by atoms with E-state index in [0.29, 0.717) is 22.6 Å². The van der Waals surface area contributed by atoms with Gasteiger partial charge in [0.2, 0.25) is 0 Å². The molecule has 1 aromatic carbocycles. The van der Waals surface area contributed by atoms with Gasteiger partial charge in [0.1, 0.15) is 6.07 Å². The highest BCUT2D eigenvalue weighted by atomic mass is 16.6. The third-order valence-electron chi connectivity index (χ3n) is 2.41. The lowest BCUT2D eigenvalue weighted by Gasteiger charge is -2.02. The lowest BCUT2D eigenvalue weighted by atomic mass is 10.1. The van der Waals surface area contributed by atoms with E-state index in [1.165, 1.54) is 18.3 Å². The van der Waals surface area contributed by atoms with E-state index in [0.717, 1.165) is 0 Å². The van der Waals surface area contributed by atoms with Gasteiger partial charge in [-0.25, -0.2) is 9.97 Å². The van der Waals surface area contributed by atoms with Gasteiger partial charge in [-0.1, -0.05) is 12.1 Å². The van der Waals surface area contributed by atoms with Crippen LogP contribution in [-0.4, -0.2) is 14.9 Å². The number of nitriles is 1. The summed E-state index contributed by atoms with van der Waals surface area (Å²) in [5, 5.41) is 19.5. The topological polar surface area (TPSA) is 92.7 Å². The second kappa shape index (κ2) is 4.59. The largest absolute Gasteiger partial charge is 0.270 e. The van der Waals surface area contributed by atoms with Crippen LogP contribution in [-0.2, 0) is 0 Å². The molecule has 88 valence electrons. The Morgan fingerprint density at radius 1 is 1.44 bits per heavy atom. The van der Waals surface area contributed by atoms with Gasteiger partial charge in [0.25, 0.3) is 5.69 Å². The van der Waals surface area contributed by atoms with E-state index in [9.17, 15) is 10.1 Å². The van der Waals surface area contributed by atoms with Crippen LogP contribution in [0.5, 0.6) is 0 Å². The van der Waals surface area contributed by atoms with Gasteiger partial charge < -0.3 is 0 Å². The lowest BCUT2D eigenvalue weighted by molar-refractivity contribution is -0.384. The molecule has 0 aliphatic heterocycles. The normalized spacial score (nSPS) is 9.78. The number of benzene rings is 1. The summed E-state index contributed by atoms with van der Waals surface area (Å²) in [5.41, 5.74) is 1.48. The molecule has 0 amide bonds. The number of non-ortho nitro benzene ring substituents is 1. The smallest absolute Gasteiger partial charge is 0.258 e. The van der Waals surface area contributed by atoms with Crippen molar-refractivity contribution < 1.29 is 4.92 Å². The summed E-state index contributed by atoms with van der Waals surface area (Å²) in [7, 11) is 0. The molecule has 6 heteroatoms. The van der Waals surface area contributed by atoms with Crippen molar-refractivity contribution in [3.63, 3.8) is 0 Å². The summed E-state index contributed by atoms with van der Waals surface area (Å²) < 4.78 is 0. The molecule has 0 fully saturated rings. The highest BCUT2D eigenvalue weighted by Crippen LogP contribution is 2.21. The maximum atomic E-state index is 10.7. The molecule has 1 heterocycles. The second-order valence-corrected chi connectivity index (χ2v) is 3.61. The van der Waals surface area contributed by atoms with E-state index in [-0.39, 0.29) is 5.69 Å². The van der Waals surface area contributed by atoms with Gasteiger partial charge in [-0.2, -0.15) is 5.26 Å². The van der Waals surface area contributed by atoms with E-state index in [1.807, 2.05) is 6.07 Å². The Hall–Kier alpha value is -2.81. The summed E-state index contributed by atoms with van der Waals surface area (Å²) in [6.45, 7) is 1.70. The molecule has 0 atom stereocenters. The van der Waals surface area contributed by atoms with Crippen molar-refractivity contribution >= 4 is 5.69 Å². The Morgan fingerprint density at radius 3 is 2.83 bits per heavy atom. The van der Waals surface area contributed by atoms with Crippen molar-refractivity contribution in [1.82, 2.24) is 9.97 Å². The first-order valence-electron chi connectivity index (χ1n) is 5.10. The number of nitro groups is 1. The first kappa shape index (κ1) is 11.7. The quantitative estimate of drug-likeness (QED) is 0.592. The Bertz CT molecular complexity index is 661. The Morgan fingerprint density at radius 2 is 2.22 bits per heavy atom. The molecule has 6 nitrogen and oxygen atoms in total. The first-order chi connectivity index (χ1) is 8.61. The summed E-state index contributed by atoms with van der Waals surface area (Å²) in [5.74, 6) is 0.371. The van der Waals surface area contributed by atoms with Crippen molar-refractivity contribution in [1.29, 1.82) is 5.26 Å². The molecule has 2 rings (SSSR count). The average Bonchev–Trinajstić information content (AvgIpc) is 2.38. The number of aromatic nitrogens is 2. The van der Waals surface area contributed by atoms with Crippen molar-refractivity contribution in [3.8, 4) is 17.5 Å². The van der Waals surface area contributed by atoms with Crippen LogP contribution >= 0.6 is 0 Å².